The molecule has 0 aliphatic heterocycles. The molecule has 1 nitrogen and oxygen atoms in total. The summed E-state index contributed by atoms with van der Waals surface area (Å²) in [6, 6.07) is 1.93. The molecule has 0 aliphatic rings. The van der Waals surface area contributed by atoms with Crippen molar-refractivity contribution in [2.45, 2.75) is 40.5 Å². The van der Waals surface area contributed by atoms with Gasteiger partial charge in [-0.3, -0.25) is 0 Å². The summed E-state index contributed by atoms with van der Waals surface area (Å²) >= 11 is 0. The second-order valence-electron chi connectivity index (χ2n) is 2.23. The van der Waals surface area contributed by atoms with E-state index in [2.05, 4.69) is 32.1 Å². The number of allylic oxidation sites excluding steroid dienone is 4. The first-order chi connectivity index (χ1) is 5.76. The van der Waals surface area contributed by atoms with Gasteiger partial charge in [0.1, 0.15) is 0 Å². The maximum absolute atomic E-state index is 7.62. The molecule has 0 bridgehead atoms. The van der Waals surface area contributed by atoms with Crippen LogP contribution in [0.2, 0.25) is 0 Å². The van der Waals surface area contributed by atoms with Gasteiger partial charge in [-0.25, -0.2) is 0 Å². The molecule has 68 valence electrons. The lowest BCUT2D eigenvalue weighted by Crippen LogP contribution is -1.69. The minimum absolute atomic E-state index is 0.625. The Labute approximate surface area is 76.4 Å². The third-order valence-corrected chi connectivity index (χ3v) is 1.32. The molecule has 0 aliphatic carbocycles. The molecule has 0 rings (SSSR count). The fourth-order valence-electron chi connectivity index (χ4n) is 0.632. The maximum Gasteiger partial charge on any atom is 0.0618 e. The van der Waals surface area contributed by atoms with E-state index in [-0.39, 0.29) is 0 Å². The number of hydrogen-bond acceptors (Lipinski definition) is 1. The molecular weight excluding hydrogens is 146 g/mol. The first-order valence-corrected chi connectivity index (χ1v) is 4.41. The quantitative estimate of drug-likeness (QED) is 0.570. The molecule has 0 fully saturated rings. The van der Waals surface area contributed by atoms with Crippen LogP contribution in [0, 0.1) is 11.3 Å². The molecule has 12 heavy (non-hydrogen) atoms. The molecule has 0 atom stereocenters. The van der Waals surface area contributed by atoms with Gasteiger partial charge in [-0.15, -0.1) is 0 Å². The maximum atomic E-state index is 7.62. The summed E-state index contributed by atoms with van der Waals surface area (Å²) in [4.78, 5) is 0. The van der Waals surface area contributed by atoms with Crippen molar-refractivity contribution < 1.29 is 0 Å². The van der Waals surface area contributed by atoms with Crippen molar-refractivity contribution >= 4 is 0 Å². The Bertz CT molecular complexity index is 167. The number of nitrogens with zero attached hydrogens (tertiary/aromatic N) is 1. The van der Waals surface area contributed by atoms with Gasteiger partial charge in [0.2, 0.25) is 0 Å². The first-order valence-electron chi connectivity index (χ1n) is 4.41. The van der Waals surface area contributed by atoms with Crippen molar-refractivity contribution in [3.05, 3.63) is 23.8 Å². The van der Waals surface area contributed by atoms with Crippen molar-refractivity contribution in [3.63, 3.8) is 0 Å². The van der Waals surface area contributed by atoms with E-state index in [1.54, 1.807) is 0 Å². The predicted octanol–water partition coefficient (Wildman–Crippen LogP) is 3.84. The van der Waals surface area contributed by atoms with Gasteiger partial charge in [0.25, 0.3) is 0 Å². The smallest absolute Gasteiger partial charge is 0.0618 e. The van der Waals surface area contributed by atoms with Crippen LogP contribution >= 0.6 is 0 Å². The highest BCUT2D eigenvalue weighted by molar-refractivity contribution is 5.16. The summed E-state index contributed by atoms with van der Waals surface area (Å²) < 4.78 is 0. The highest BCUT2D eigenvalue weighted by Gasteiger charge is 1.79. The van der Waals surface area contributed by atoms with Gasteiger partial charge in [0.15, 0.2) is 0 Å². The molecular formula is C11H19N. The van der Waals surface area contributed by atoms with Crippen LogP contribution in [0.15, 0.2) is 23.8 Å². The molecule has 0 saturated carbocycles. The standard InChI is InChI=1S/C8H14.C3H5N/c1-4-7-8(5-2)6-3;1-2-3-4/h4-5,7H,6H2,1-3H3;2H2,1H3/b7-4-,8-5-;. The lowest BCUT2D eigenvalue weighted by molar-refractivity contribution is 1.14. The van der Waals surface area contributed by atoms with E-state index >= 15 is 0 Å². The van der Waals surface area contributed by atoms with Gasteiger partial charge in [-0.2, -0.15) is 5.26 Å². The topological polar surface area (TPSA) is 23.8 Å². The van der Waals surface area contributed by atoms with E-state index in [0.717, 1.165) is 6.42 Å². The van der Waals surface area contributed by atoms with Crippen molar-refractivity contribution in [1.29, 1.82) is 5.26 Å². The molecule has 0 unspecified atom stereocenters. The third-order valence-electron chi connectivity index (χ3n) is 1.32. The second kappa shape index (κ2) is 12.6. The van der Waals surface area contributed by atoms with Crippen molar-refractivity contribution in [2.75, 3.05) is 0 Å². The monoisotopic (exact) mass is 165 g/mol. The van der Waals surface area contributed by atoms with Crippen molar-refractivity contribution in [3.8, 4) is 6.07 Å². The normalized spacial score (nSPS) is 10.4. The van der Waals surface area contributed by atoms with E-state index in [1.165, 1.54) is 5.57 Å². The van der Waals surface area contributed by atoms with E-state index in [9.17, 15) is 0 Å². The van der Waals surface area contributed by atoms with E-state index < -0.39 is 0 Å². The lowest BCUT2D eigenvalue weighted by atomic mass is 10.2. The Morgan fingerprint density at radius 1 is 1.33 bits per heavy atom. The van der Waals surface area contributed by atoms with Crippen LogP contribution in [-0.2, 0) is 0 Å². The molecule has 0 aromatic carbocycles. The molecule has 0 spiro atoms. The van der Waals surface area contributed by atoms with Crippen LogP contribution in [0.25, 0.3) is 0 Å². The first kappa shape index (κ1) is 13.6. The number of rotatable bonds is 2. The van der Waals surface area contributed by atoms with Crippen LogP contribution in [0.1, 0.15) is 40.5 Å². The Morgan fingerprint density at radius 3 is 1.92 bits per heavy atom. The fraction of sp³-hybridized carbons (Fsp3) is 0.545. The number of nitriles is 1. The summed E-state index contributed by atoms with van der Waals surface area (Å²) in [5.74, 6) is 0. The Hall–Kier alpha value is -1.03. The Balaban J connectivity index is 0. The minimum Gasteiger partial charge on any atom is -0.198 e. The molecule has 0 radical (unpaired) electrons. The van der Waals surface area contributed by atoms with Crippen LogP contribution in [0.4, 0.5) is 0 Å². The summed E-state index contributed by atoms with van der Waals surface area (Å²) in [5, 5.41) is 7.62. The Morgan fingerprint density at radius 2 is 1.83 bits per heavy atom. The fourth-order valence-corrected chi connectivity index (χ4v) is 0.632. The van der Waals surface area contributed by atoms with Crippen LogP contribution in [0.3, 0.4) is 0 Å². The molecule has 0 amide bonds. The largest absolute Gasteiger partial charge is 0.198 e. The van der Waals surface area contributed by atoms with Crippen LogP contribution < -0.4 is 0 Å². The zero-order valence-electron chi connectivity index (χ0n) is 8.59. The average Bonchev–Trinajstić information content (AvgIpc) is 2.14. The van der Waals surface area contributed by atoms with Crippen molar-refractivity contribution in [2.24, 2.45) is 0 Å². The van der Waals surface area contributed by atoms with E-state index in [1.807, 2.05) is 19.9 Å². The molecule has 0 aromatic rings. The van der Waals surface area contributed by atoms with Gasteiger partial charge in [-0.05, 0) is 20.3 Å². The molecule has 0 N–H and O–H groups in total. The highest BCUT2D eigenvalue weighted by atomic mass is 14.2. The summed E-state index contributed by atoms with van der Waals surface area (Å²) in [5.41, 5.74) is 1.41. The third kappa shape index (κ3) is 11.7. The van der Waals surface area contributed by atoms with E-state index in [4.69, 9.17) is 5.26 Å². The summed E-state index contributed by atoms with van der Waals surface area (Å²) in [7, 11) is 0. The Kier molecular flexibility index (Phi) is 14.3. The van der Waals surface area contributed by atoms with Crippen LogP contribution in [-0.4, -0.2) is 0 Å². The molecule has 1 heteroatoms. The lowest BCUT2D eigenvalue weighted by Gasteiger charge is -1.90. The zero-order chi connectivity index (χ0) is 9.82. The predicted molar refractivity (Wildman–Crippen MR) is 54.8 cm³/mol. The van der Waals surface area contributed by atoms with Crippen molar-refractivity contribution in [1.82, 2.24) is 0 Å². The zero-order valence-corrected chi connectivity index (χ0v) is 8.59. The summed E-state index contributed by atoms with van der Waals surface area (Å²) in [6.07, 6.45) is 8.11. The SMILES string of the molecule is C/C=C\C(=C/C)CC.CCC#N. The molecule has 0 saturated heterocycles. The van der Waals surface area contributed by atoms with Crippen LogP contribution in [0.5, 0.6) is 0 Å². The molecule has 0 heterocycles. The average molecular weight is 165 g/mol. The van der Waals surface area contributed by atoms with Gasteiger partial charge in [0.05, 0.1) is 6.07 Å². The van der Waals surface area contributed by atoms with Gasteiger partial charge < -0.3 is 0 Å². The van der Waals surface area contributed by atoms with Gasteiger partial charge in [-0.1, -0.05) is 37.6 Å². The van der Waals surface area contributed by atoms with E-state index in [0.29, 0.717) is 6.42 Å². The van der Waals surface area contributed by atoms with Gasteiger partial charge >= 0.3 is 0 Å². The molecule has 0 aromatic heterocycles. The van der Waals surface area contributed by atoms with Gasteiger partial charge in [0, 0.05) is 6.42 Å². The highest BCUT2D eigenvalue weighted by Crippen LogP contribution is 2.00. The number of hydrogen-bond donors (Lipinski definition) is 0. The second-order valence-corrected chi connectivity index (χ2v) is 2.23. The minimum atomic E-state index is 0.625. The summed E-state index contributed by atoms with van der Waals surface area (Å²) in [6.45, 7) is 8.09.